The molecule has 0 radical (unpaired) electrons. The lowest BCUT2D eigenvalue weighted by Crippen LogP contribution is -2.52. The summed E-state index contributed by atoms with van der Waals surface area (Å²) in [6, 6.07) is 6.11. The Kier molecular flexibility index (Phi) is 3.99. The van der Waals surface area contributed by atoms with Crippen LogP contribution in [0.2, 0.25) is 0 Å². The molecule has 0 aliphatic carbocycles. The van der Waals surface area contributed by atoms with Gasteiger partial charge in [-0.3, -0.25) is 4.79 Å². The Morgan fingerprint density at radius 1 is 1.26 bits per heavy atom. The summed E-state index contributed by atoms with van der Waals surface area (Å²) >= 11 is 0. The summed E-state index contributed by atoms with van der Waals surface area (Å²) in [5.74, 6) is 0.815. The molecule has 104 valence electrons. The average Bonchev–Trinajstić information content (AvgIpc) is 2.46. The summed E-state index contributed by atoms with van der Waals surface area (Å²) in [5.41, 5.74) is 0.108. The summed E-state index contributed by atoms with van der Waals surface area (Å²) in [7, 11) is 0. The van der Waals surface area contributed by atoms with Crippen LogP contribution in [0.4, 0.5) is 0 Å². The maximum atomic E-state index is 11.7. The van der Waals surface area contributed by atoms with Gasteiger partial charge in [0.1, 0.15) is 0 Å². The van der Waals surface area contributed by atoms with Gasteiger partial charge in [0.2, 0.25) is 0 Å². The largest absolute Gasteiger partial charge is 0.314 e. The minimum absolute atomic E-state index is 0.108. The molecule has 0 bridgehead atoms. The molecule has 0 amide bonds. The molecule has 2 aliphatic rings. The summed E-state index contributed by atoms with van der Waals surface area (Å²) in [5, 5.41) is 3.64. The van der Waals surface area contributed by atoms with Crippen LogP contribution >= 0.6 is 0 Å². The summed E-state index contributed by atoms with van der Waals surface area (Å²) in [6.45, 7) is 5.35. The second kappa shape index (κ2) is 5.88. The van der Waals surface area contributed by atoms with Crippen LogP contribution in [0, 0.1) is 5.92 Å². The van der Waals surface area contributed by atoms with Crippen molar-refractivity contribution in [3.63, 3.8) is 0 Å². The van der Waals surface area contributed by atoms with Gasteiger partial charge >= 0.3 is 0 Å². The van der Waals surface area contributed by atoms with Crippen LogP contribution in [0.5, 0.6) is 0 Å². The van der Waals surface area contributed by atoms with Crippen molar-refractivity contribution < 1.29 is 0 Å². The van der Waals surface area contributed by atoms with Crippen molar-refractivity contribution in [1.82, 2.24) is 14.8 Å². The predicted octanol–water partition coefficient (Wildman–Crippen LogP) is 0.922. The van der Waals surface area contributed by atoms with E-state index in [0.29, 0.717) is 0 Å². The smallest absolute Gasteiger partial charge is 0.250 e. The van der Waals surface area contributed by atoms with E-state index in [1.165, 1.54) is 32.4 Å². The third-order valence-corrected chi connectivity index (χ3v) is 4.53. The SMILES string of the molecule is O=c1ccccn1CCN1CCC2NCCCC2C1. The summed E-state index contributed by atoms with van der Waals surface area (Å²) < 4.78 is 1.81. The van der Waals surface area contributed by atoms with E-state index >= 15 is 0 Å². The van der Waals surface area contributed by atoms with Crippen molar-refractivity contribution in [2.24, 2.45) is 5.92 Å². The monoisotopic (exact) mass is 261 g/mol. The van der Waals surface area contributed by atoms with Crippen molar-refractivity contribution in [2.45, 2.75) is 31.8 Å². The number of nitrogens with one attached hydrogen (secondary N) is 1. The van der Waals surface area contributed by atoms with E-state index in [4.69, 9.17) is 0 Å². The van der Waals surface area contributed by atoms with E-state index in [2.05, 4.69) is 10.2 Å². The van der Waals surface area contributed by atoms with E-state index in [9.17, 15) is 4.79 Å². The van der Waals surface area contributed by atoms with Gasteiger partial charge in [-0.05, 0) is 44.3 Å². The lowest BCUT2D eigenvalue weighted by atomic mass is 9.85. The first-order valence-electron chi connectivity index (χ1n) is 7.44. The number of hydrogen-bond acceptors (Lipinski definition) is 3. The Labute approximate surface area is 114 Å². The number of piperidine rings is 2. The van der Waals surface area contributed by atoms with Crippen molar-refractivity contribution in [3.05, 3.63) is 34.7 Å². The minimum Gasteiger partial charge on any atom is -0.314 e. The molecule has 4 nitrogen and oxygen atoms in total. The number of rotatable bonds is 3. The molecule has 2 atom stereocenters. The van der Waals surface area contributed by atoms with E-state index in [-0.39, 0.29) is 5.56 Å². The van der Waals surface area contributed by atoms with Crippen molar-refractivity contribution in [3.8, 4) is 0 Å². The second-order valence-corrected chi connectivity index (χ2v) is 5.78. The zero-order chi connectivity index (χ0) is 13.1. The zero-order valence-corrected chi connectivity index (χ0v) is 11.4. The van der Waals surface area contributed by atoms with Gasteiger partial charge in [0.05, 0.1) is 0 Å². The molecule has 3 rings (SSSR count). The van der Waals surface area contributed by atoms with Gasteiger partial charge in [-0.15, -0.1) is 0 Å². The Bertz CT molecular complexity index is 470. The number of nitrogens with zero attached hydrogens (tertiary/aromatic N) is 2. The van der Waals surface area contributed by atoms with Crippen molar-refractivity contribution in [2.75, 3.05) is 26.2 Å². The van der Waals surface area contributed by atoms with Gasteiger partial charge in [-0.2, -0.15) is 0 Å². The van der Waals surface area contributed by atoms with E-state index in [1.54, 1.807) is 12.1 Å². The number of aromatic nitrogens is 1. The van der Waals surface area contributed by atoms with Crippen molar-refractivity contribution >= 4 is 0 Å². The third kappa shape index (κ3) is 3.07. The fourth-order valence-corrected chi connectivity index (χ4v) is 3.42. The topological polar surface area (TPSA) is 37.3 Å². The maximum absolute atomic E-state index is 11.7. The summed E-state index contributed by atoms with van der Waals surface area (Å²) in [6.07, 6.45) is 5.82. The molecule has 1 aromatic rings. The summed E-state index contributed by atoms with van der Waals surface area (Å²) in [4.78, 5) is 14.2. The number of fused-ring (bicyclic) bond motifs is 1. The van der Waals surface area contributed by atoms with E-state index in [1.807, 2.05) is 16.8 Å². The lowest BCUT2D eigenvalue weighted by molar-refractivity contribution is 0.111. The molecular formula is C15H23N3O. The van der Waals surface area contributed by atoms with Crippen LogP contribution in [0.3, 0.4) is 0 Å². The number of likely N-dealkylation sites (tertiary alicyclic amines) is 1. The quantitative estimate of drug-likeness (QED) is 0.879. The molecular weight excluding hydrogens is 238 g/mol. The number of pyridine rings is 1. The third-order valence-electron chi connectivity index (χ3n) is 4.53. The first-order chi connectivity index (χ1) is 9.33. The maximum Gasteiger partial charge on any atom is 0.250 e. The molecule has 4 heteroatoms. The molecule has 0 spiro atoms. The molecule has 0 aromatic carbocycles. The average molecular weight is 261 g/mol. The minimum atomic E-state index is 0.108. The molecule has 19 heavy (non-hydrogen) atoms. The molecule has 2 unspecified atom stereocenters. The molecule has 1 N–H and O–H groups in total. The Balaban J connectivity index is 1.54. The first kappa shape index (κ1) is 12.9. The van der Waals surface area contributed by atoms with Gasteiger partial charge in [-0.25, -0.2) is 0 Å². The van der Waals surface area contributed by atoms with Crippen LogP contribution < -0.4 is 10.9 Å². The van der Waals surface area contributed by atoms with Crippen LogP contribution in [-0.2, 0) is 6.54 Å². The molecule has 3 heterocycles. The Morgan fingerprint density at radius 2 is 2.21 bits per heavy atom. The normalized spacial score (nSPS) is 28.0. The molecule has 2 fully saturated rings. The molecule has 1 aromatic heterocycles. The van der Waals surface area contributed by atoms with Gasteiger partial charge in [-0.1, -0.05) is 6.07 Å². The van der Waals surface area contributed by atoms with Gasteiger partial charge in [0, 0.05) is 37.9 Å². The highest BCUT2D eigenvalue weighted by Gasteiger charge is 2.30. The molecule has 2 saturated heterocycles. The first-order valence-corrected chi connectivity index (χ1v) is 7.44. The highest BCUT2D eigenvalue weighted by atomic mass is 16.1. The number of hydrogen-bond donors (Lipinski definition) is 1. The lowest BCUT2D eigenvalue weighted by Gasteiger charge is -2.41. The predicted molar refractivity (Wildman–Crippen MR) is 76.3 cm³/mol. The van der Waals surface area contributed by atoms with Crippen LogP contribution in [0.1, 0.15) is 19.3 Å². The zero-order valence-electron chi connectivity index (χ0n) is 11.4. The standard InChI is InChI=1S/C15H23N3O/c19-15-5-1-2-8-18(15)11-10-17-9-6-14-13(12-17)4-3-7-16-14/h1-2,5,8,13-14,16H,3-4,6-7,9-12H2. The Morgan fingerprint density at radius 3 is 3.11 bits per heavy atom. The highest BCUT2D eigenvalue weighted by Crippen LogP contribution is 2.24. The molecule has 0 saturated carbocycles. The fraction of sp³-hybridized carbons (Fsp3) is 0.667. The van der Waals surface area contributed by atoms with E-state index in [0.717, 1.165) is 31.6 Å². The Hall–Kier alpha value is -1.13. The van der Waals surface area contributed by atoms with Gasteiger partial charge in [0.15, 0.2) is 0 Å². The fourth-order valence-electron chi connectivity index (χ4n) is 3.42. The van der Waals surface area contributed by atoms with Crippen LogP contribution in [0.15, 0.2) is 29.2 Å². The van der Waals surface area contributed by atoms with Gasteiger partial charge in [0.25, 0.3) is 5.56 Å². The van der Waals surface area contributed by atoms with Crippen LogP contribution in [-0.4, -0.2) is 41.7 Å². The highest BCUT2D eigenvalue weighted by molar-refractivity contribution is 4.93. The molecule has 2 aliphatic heterocycles. The van der Waals surface area contributed by atoms with Crippen molar-refractivity contribution in [1.29, 1.82) is 0 Å². The second-order valence-electron chi connectivity index (χ2n) is 5.78. The van der Waals surface area contributed by atoms with Crippen LogP contribution in [0.25, 0.3) is 0 Å². The van der Waals surface area contributed by atoms with E-state index < -0.39 is 0 Å². The van der Waals surface area contributed by atoms with Gasteiger partial charge < -0.3 is 14.8 Å².